The van der Waals surface area contributed by atoms with Crippen LogP contribution in [0, 0.1) is 11.6 Å². The third kappa shape index (κ3) is 4.53. The SMILES string of the molecule is O=S1(=O)CCN(S(=O)(=O)Cc2ccc(F)cc2)CCC1c1ccccc1F. The van der Waals surface area contributed by atoms with Gasteiger partial charge in [-0.25, -0.2) is 29.9 Å². The van der Waals surface area contributed by atoms with Gasteiger partial charge in [-0.05, 0) is 30.2 Å². The van der Waals surface area contributed by atoms with E-state index >= 15 is 0 Å². The van der Waals surface area contributed by atoms with Crippen molar-refractivity contribution in [1.29, 1.82) is 0 Å². The molecule has 146 valence electrons. The Balaban J connectivity index is 1.82. The molecule has 0 aliphatic carbocycles. The Labute approximate surface area is 157 Å². The lowest BCUT2D eigenvalue weighted by Gasteiger charge is -2.19. The lowest BCUT2D eigenvalue weighted by molar-refractivity contribution is 0.426. The molecule has 0 bridgehead atoms. The second kappa shape index (κ2) is 7.65. The zero-order valence-electron chi connectivity index (χ0n) is 14.4. The Bertz CT molecular complexity index is 1020. The van der Waals surface area contributed by atoms with Gasteiger partial charge in [-0.15, -0.1) is 0 Å². The highest BCUT2D eigenvalue weighted by molar-refractivity contribution is 7.91. The van der Waals surface area contributed by atoms with Crippen LogP contribution in [0.3, 0.4) is 0 Å². The average molecular weight is 415 g/mol. The number of rotatable bonds is 4. The maximum atomic E-state index is 14.1. The highest BCUT2D eigenvalue weighted by Gasteiger charge is 2.36. The summed E-state index contributed by atoms with van der Waals surface area (Å²) in [4.78, 5) is 0. The van der Waals surface area contributed by atoms with E-state index in [-0.39, 0.29) is 36.6 Å². The zero-order chi connectivity index (χ0) is 19.7. The number of hydrogen-bond donors (Lipinski definition) is 0. The smallest absolute Gasteiger partial charge is 0.218 e. The van der Waals surface area contributed by atoms with Gasteiger partial charge in [-0.2, -0.15) is 0 Å². The molecule has 2 aromatic carbocycles. The van der Waals surface area contributed by atoms with E-state index in [1.54, 1.807) is 6.07 Å². The van der Waals surface area contributed by atoms with Gasteiger partial charge >= 0.3 is 0 Å². The fraction of sp³-hybridized carbons (Fsp3) is 0.333. The van der Waals surface area contributed by atoms with Gasteiger partial charge in [0.2, 0.25) is 10.0 Å². The first-order valence-corrected chi connectivity index (χ1v) is 11.7. The summed E-state index contributed by atoms with van der Waals surface area (Å²) in [5, 5.41) is -1.08. The normalized spacial score (nSPS) is 20.9. The van der Waals surface area contributed by atoms with E-state index in [1.165, 1.54) is 42.5 Å². The summed E-state index contributed by atoms with van der Waals surface area (Å²) in [6, 6.07) is 10.7. The summed E-state index contributed by atoms with van der Waals surface area (Å²) >= 11 is 0. The molecule has 0 spiro atoms. The van der Waals surface area contributed by atoms with Crippen LogP contribution in [0.5, 0.6) is 0 Å². The van der Waals surface area contributed by atoms with Gasteiger partial charge in [0, 0.05) is 18.7 Å². The number of sulfone groups is 1. The molecule has 27 heavy (non-hydrogen) atoms. The minimum atomic E-state index is -3.79. The minimum Gasteiger partial charge on any atom is -0.228 e. The number of sulfonamides is 1. The Kier molecular flexibility index (Phi) is 5.64. The Hall–Kier alpha value is -1.84. The number of benzene rings is 2. The van der Waals surface area contributed by atoms with Crippen molar-refractivity contribution in [3.8, 4) is 0 Å². The molecule has 1 saturated heterocycles. The van der Waals surface area contributed by atoms with E-state index in [0.29, 0.717) is 5.56 Å². The molecule has 1 aliphatic rings. The molecule has 0 aromatic heterocycles. The lowest BCUT2D eigenvalue weighted by atomic mass is 10.1. The van der Waals surface area contributed by atoms with Gasteiger partial charge in [-0.1, -0.05) is 30.3 Å². The van der Waals surface area contributed by atoms with Crippen LogP contribution in [0.4, 0.5) is 8.78 Å². The standard InChI is InChI=1S/C18H19F2NO4S2/c19-15-7-5-14(6-8-15)13-27(24,25)21-10-9-18(26(22,23)12-11-21)16-3-1-2-4-17(16)20/h1-8,18H,9-13H2. The van der Waals surface area contributed by atoms with E-state index in [4.69, 9.17) is 0 Å². The fourth-order valence-electron chi connectivity index (χ4n) is 3.17. The summed E-state index contributed by atoms with van der Waals surface area (Å²) in [6.45, 7) is -0.210. The molecular weight excluding hydrogens is 396 g/mol. The van der Waals surface area contributed by atoms with Crippen LogP contribution >= 0.6 is 0 Å². The van der Waals surface area contributed by atoms with Crippen molar-refractivity contribution in [3.05, 3.63) is 71.3 Å². The second-order valence-corrected chi connectivity index (χ2v) is 10.7. The van der Waals surface area contributed by atoms with Crippen LogP contribution in [0.1, 0.15) is 22.8 Å². The monoisotopic (exact) mass is 415 g/mol. The average Bonchev–Trinajstić information content (AvgIpc) is 2.76. The van der Waals surface area contributed by atoms with Gasteiger partial charge < -0.3 is 0 Å². The van der Waals surface area contributed by atoms with Crippen molar-refractivity contribution in [3.63, 3.8) is 0 Å². The third-order valence-corrected chi connectivity index (χ3v) is 8.57. The summed E-state index contributed by atoms with van der Waals surface area (Å²) in [5.41, 5.74) is 0.476. The van der Waals surface area contributed by atoms with Gasteiger partial charge in [0.15, 0.2) is 9.84 Å². The van der Waals surface area contributed by atoms with Crippen molar-refractivity contribution in [2.45, 2.75) is 17.4 Å². The van der Waals surface area contributed by atoms with Gasteiger partial charge in [0.25, 0.3) is 0 Å². The Morgan fingerprint density at radius 2 is 1.67 bits per heavy atom. The predicted octanol–water partition coefficient (Wildman–Crippen LogP) is 2.66. The number of halogens is 2. The Morgan fingerprint density at radius 1 is 1.00 bits per heavy atom. The van der Waals surface area contributed by atoms with Crippen molar-refractivity contribution in [1.82, 2.24) is 4.31 Å². The van der Waals surface area contributed by atoms with Gasteiger partial charge in [0.1, 0.15) is 11.6 Å². The van der Waals surface area contributed by atoms with Crippen LogP contribution in [-0.2, 0) is 25.6 Å². The quantitative estimate of drug-likeness (QED) is 0.770. The maximum Gasteiger partial charge on any atom is 0.218 e. The number of hydrogen-bond acceptors (Lipinski definition) is 4. The van der Waals surface area contributed by atoms with E-state index < -0.39 is 36.7 Å². The second-order valence-electron chi connectivity index (χ2n) is 6.45. The van der Waals surface area contributed by atoms with Crippen molar-refractivity contribution >= 4 is 19.9 Å². The fourth-order valence-corrected chi connectivity index (χ4v) is 6.64. The molecule has 0 amide bonds. The van der Waals surface area contributed by atoms with Crippen LogP contribution in [-0.4, -0.2) is 40.0 Å². The van der Waals surface area contributed by atoms with E-state index in [2.05, 4.69) is 0 Å². The molecule has 1 heterocycles. The van der Waals surface area contributed by atoms with Crippen LogP contribution in [0.2, 0.25) is 0 Å². The highest BCUT2D eigenvalue weighted by atomic mass is 32.2. The maximum absolute atomic E-state index is 14.1. The molecule has 1 aliphatic heterocycles. The molecular formula is C18H19F2NO4S2. The molecule has 2 aromatic rings. The lowest BCUT2D eigenvalue weighted by Crippen LogP contribution is -2.34. The summed E-state index contributed by atoms with van der Waals surface area (Å²) in [6.07, 6.45) is -0.0219. The Morgan fingerprint density at radius 3 is 2.33 bits per heavy atom. The molecule has 0 N–H and O–H groups in total. The number of nitrogens with zero attached hydrogens (tertiary/aromatic N) is 1. The molecule has 0 saturated carbocycles. The summed E-state index contributed by atoms with van der Waals surface area (Å²) < 4.78 is 78.7. The summed E-state index contributed by atoms with van der Waals surface area (Å²) in [5.74, 6) is -1.81. The molecule has 3 rings (SSSR count). The minimum absolute atomic E-state index is 0.0219. The van der Waals surface area contributed by atoms with Crippen molar-refractivity contribution < 1.29 is 25.6 Å². The van der Waals surface area contributed by atoms with Crippen LogP contribution < -0.4 is 0 Å². The first kappa shape index (κ1) is 19.9. The third-order valence-electron chi connectivity index (χ3n) is 4.61. The van der Waals surface area contributed by atoms with Gasteiger partial charge in [0.05, 0.1) is 16.8 Å². The molecule has 1 atom stereocenters. The topological polar surface area (TPSA) is 71.5 Å². The molecule has 1 unspecified atom stereocenters. The van der Waals surface area contributed by atoms with Crippen LogP contribution in [0.25, 0.3) is 0 Å². The highest BCUT2D eigenvalue weighted by Crippen LogP contribution is 2.32. The first-order valence-electron chi connectivity index (χ1n) is 8.37. The molecule has 9 heteroatoms. The largest absolute Gasteiger partial charge is 0.228 e. The molecule has 1 fully saturated rings. The van der Waals surface area contributed by atoms with E-state index in [0.717, 1.165) is 4.31 Å². The van der Waals surface area contributed by atoms with Gasteiger partial charge in [-0.3, -0.25) is 0 Å². The predicted molar refractivity (Wildman–Crippen MR) is 98.1 cm³/mol. The van der Waals surface area contributed by atoms with E-state index in [9.17, 15) is 25.6 Å². The van der Waals surface area contributed by atoms with Crippen molar-refractivity contribution in [2.24, 2.45) is 0 Å². The first-order chi connectivity index (χ1) is 12.7. The molecule has 0 radical (unpaired) electrons. The molecule has 5 nitrogen and oxygen atoms in total. The van der Waals surface area contributed by atoms with Crippen molar-refractivity contribution in [2.75, 3.05) is 18.8 Å². The summed E-state index contributed by atoms with van der Waals surface area (Å²) in [7, 11) is -7.49. The van der Waals surface area contributed by atoms with Crippen LogP contribution in [0.15, 0.2) is 48.5 Å². The zero-order valence-corrected chi connectivity index (χ0v) is 16.0. The van der Waals surface area contributed by atoms with E-state index in [1.807, 2.05) is 0 Å².